The maximum absolute atomic E-state index is 12.6. The fourth-order valence-corrected chi connectivity index (χ4v) is 5.75. The number of thiazole rings is 1. The van der Waals surface area contributed by atoms with Crippen molar-refractivity contribution in [3.05, 3.63) is 28.8 Å². The monoisotopic (exact) mass is 465 g/mol. The van der Waals surface area contributed by atoms with E-state index in [4.69, 9.17) is 9.47 Å². The summed E-state index contributed by atoms with van der Waals surface area (Å²) in [6, 6.07) is 4.52. The normalized spacial score (nSPS) is 16.5. The average molecular weight is 466 g/mol. The second-order valence-corrected chi connectivity index (χ2v) is 10.5. The molecule has 0 saturated heterocycles. The predicted octanol–water partition coefficient (Wildman–Crippen LogP) is 3.27. The molecule has 0 bridgehead atoms. The SMILES string of the molecule is O=C(CCNS(=O)(=O)c1ccc2c(c1)OCCCO2)Nc1nc2c(s1)CCCCCC2. The van der Waals surface area contributed by atoms with Gasteiger partial charge in [0.15, 0.2) is 16.6 Å². The number of amides is 1. The molecular formula is C21H27N3O5S2. The van der Waals surface area contributed by atoms with E-state index in [1.54, 1.807) is 6.07 Å². The number of hydrogen-bond acceptors (Lipinski definition) is 7. The van der Waals surface area contributed by atoms with E-state index >= 15 is 0 Å². The summed E-state index contributed by atoms with van der Waals surface area (Å²) in [5, 5.41) is 3.41. The minimum atomic E-state index is -3.76. The molecule has 1 aromatic carbocycles. The van der Waals surface area contributed by atoms with Crippen molar-refractivity contribution in [2.75, 3.05) is 25.1 Å². The number of nitrogens with one attached hydrogen (secondary N) is 2. The molecule has 0 fully saturated rings. The van der Waals surface area contributed by atoms with Crippen LogP contribution in [0.1, 0.15) is 49.1 Å². The van der Waals surface area contributed by atoms with Gasteiger partial charge in [0.05, 0.1) is 23.8 Å². The van der Waals surface area contributed by atoms with E-state index in [-0.39, 0.29) is 23.8 Å². The molecule has 168 valence electrons. The summed E-state index contributed by atoms with van der Waals surface area (Å²) in [5.41, 5.74) is 1.09. The average Bonchev–Trinajstić information content (AvgIpc) is 2.94. The van der Waals surface area contributed by atoms with Crippen molar-refractivity contribution in [3.63, 3.8) is 0 Å². The number of carbonyl (C=O) groups excluding carboxylic acids is 1. The smallest absolute Gasteiger partial charge is 0.240 e. The molecule has 1 aliphatic heterocycles. The number of aryl methyl sites for hydroxylation is 2. The molecule has 0 radical (unpaired) electrons. The van der Waals surface area contributed by atoms with Crippen LogP contribution >= 0.6 is 11.3 Å². The van der Waals surface area contributed by atoms with E-state index in [0.717, 1.165) is 37.8 Å². The van der Waals surface area contributed by atoms with Crippen molar-refractivity contribution >= 4 is 32.4 Å². The number of rotatable bonds is 6. The van der Waals surface area contributed by atoms with Gasteiger partial charge in [0, 0.05) is 30.3 Å². The summed E-state index contributed by atoms with van der Waals surface area (Å²) < 4.78 is 38.7. The summed E-state index contributed by atoms with van der Waals surface area (Å²) in [5.74, 6) is 0.689. The van der Waals surface area contributed by atoms with Crippen LogP contribution in [0.4, 0.5) is 5.13 Å². The molecule has 2 N–H and O–H groups in total. The first-order chi connectivity index (χ1) is 15.0. The van der Waals surface area contributed by atoms with Gasteiger partial charge in [-0.25, -0.2) is 18.1 Å². The minimum Gasteiger partial charge on any atom is -0.490 e. The number of fused-ring (bicyclic) bond motifs is 2. The lowest BCUT2D eigenvalue weighted by molar-refractivity contribution is -0.116. The second-order valence-electron chi connectivity index (χ2n) is 7.66. The highest BCUT2D eigenvalue weighted by Gasteiger charge is 2.19. The lowest BCUT2D eigenvalue weighted by Gasteiger charge is -2.10. The summed E-state index contributed by atoms with van der Waals surface area (Å²) >= 11 is 1.53. The van der Waals surface area contributed by atoms with Crippen LogP contribution in [0.2, 0.25) is 0 Å². The van der Waals surface area contributed by atoms with Gasteiger partial charge in [-0.1, -0.05) is 12.8 Å². The Morgan fingerprint density at radius 2 is 1.81 bits per heavy atom. The third kappa shape index (κ3) is 5.75. The van der Waals surface area contributed by atoms with E-state index in [0.29, 0.717) is 29.8 Å². The number of sulfonamides is 1. The second kappa shape index (κ2) is 9.97. The Morgan fingerprint density at radius 1 is 1.03 bits per heavy atom. The van der Waals surface area contributed by atoms with Gasteiger partial charge < -0.3 is 14.8 Å². The highest BCUT2D eigenvalue weighted by molar-refractivity contribution is 7.89. The first kappa shape index (κ1) is 22.0. The van der Waals surface area contributed by atoms with Gasteiger partial charge in [-0.3, -0.25) is 4.79 Å². The number of carbonyl (C=O) groups is 1. The number of aromatic nitrogens is 1. The molecule has 1 aliphatic carbocycles. The van der Waals surface area contributed by atoms with Crippen LogP contribution in [0.15, 0.2) is 23.1 Å². The minimum absolute atomic E-state index is 0.00625. The molecule has 1 aromatic heterocycles. The van der Waals surface area contributed by atoms with Crippen LogP contribution in [-0.4, -0.2) is 39.1 Å². The fourth-order valence-electron chi connectivity index (χ4n) is 3.63. The van der Waals surface area contributed by atoms with Crippen molar-refractivity contribution in [3.8, 4) is 11.5 Å². The molecule has 0 spiro atoms. The van der Waals surface area contributed by atoms with Crippen LogP contribution < -0.4 is 19.5 Å². The molecule has 0 unspecified atom stereocenters. The van der Waals surface area contributed by atoms with Gasteiger partial charge in [-0.2, -0.15) is 0 Å². The maximum atomic E-state index is 12.6. The van der Waals surface area contributed by atoms with Crippen molar-refractivity contribution in [2.24, 2.45) is 0 Å². The molecular weight excluding hydrogens is 438 g/mol. The lowest BCUT2D eigenvalue weighted by Crippen LogP contribution is -2.27. The Hall–Kier alpha value is -2.17. The number of anilines is 1. The number of hydrogen-bond donors (Lipinski definition) is 2. The molecule has 0 atom stereocenters. The Labute approximate surface area is 186 Å². The van der Waals surface area contributed by atoms with Gasteiger partial charge >= 0.3 is 0 Å². The Kier molecular flexibility index (Phi) is 7.09. The summed E-state index contributed by atoms with van der Waals surface area (Å²) in [6.07, 6.45) is 7.48. The third-order valence-corrected chi connectivity index (χ3v) is 7.80. The highest BCUT2D eigenvalue weighted by Crippen LogP contribution is 2.32. The first-order valence-corrected chi connectivity index (χ1v) is 13.0. The van der Waals surface area contributed by atoms with Crippen LogP contribution in [0.3, 0.4) is 0 Å². The number of benzene rings is 1. The molecule has 1 amide bonds. The number of nitrogens with zero attached hydrogens (tertiary/aromatic N) is 1. The van der Waals surface area contributed by atoms with E-state index in [1.807, 2.05) is 0 Å². The Bertz CT molecular complexity index is 1010. The van der Waals surface area contributed by atoms with Crippen LogP contribution in [0, 0.1) is 0 Å². The zero-order valence-corrected chi connectivity index (χ0v) is 18.9. The van der Waals surface area contributed by atoms with Gasteiger partial charge in [-0.15, -0.1) is 11.3 Å². The van der Waals surface area contributed by atoms with Gasteiger partial charge in [0.2, 0.25) is 15.9 Å². The number of ether oxygens (including phenoxy) is 2. The maximum Gasteiger partial charge on any atom is 0.240 e. The Morgan fingerprint density at radius 3 is 2.65 bits per heavy atom. The van der Waals surface area contributed by atoms with Gasteiger partial charge in [0.1, 0.15) is 0 Å². The lowest BCUT2D eigenvalue weighted by atomic mass is 10.0. The predicted molar refractivity (Wildman–Crippen MR) is 118 cm³/mol. The zero-order valence-electron chi connectivity index (χ0n) is 17.3. The zero-order chi connectivity index (χ0) is 21.7. The van der Waals surface area contributed by atoms with Crippen molar-refractivity contribution in [1.29, 1.82) is 0 Å². The topological polar surface area (TPSA) is 107 Å². The highest BCUT2D eigenvalue weighted by atomic mass is 32.2. The third-order valence-electron chi connectivity index (χ3n) is 5.27. The van der Waals surface area contributed by atoms with E-state index < -0.39 is 10.0 Å². The molecule has 2 heterocycles. The van der Waals surface area contributed by atoms with Crippen LogP contribution in [0.25, 0.3) is 0 Å². The van der Waals surface area contributed by atoms with E-state index in [9.17, 15) is 13.2 Å². The molecule has 0 saturated carbocycles. The molecule has 2 aliphatic rings. The first-order valence-electron chi connectivity index (χ1n) is 10.7. The molecule has 4 rings (SSSR count). The summed E-state index contributed by atoms with van der Waals surface area (Å²) in [7, 11) is -3.76. The molecule has 2 aromatic rings. The Balaban J connectivity index is 1.31. The van der Waals surface area contributed by atoms with Gasteiger partial charge in [-0.05, 0) is 37.8 Å². The van der Waals surface area contributed by atoms with Gasteiger partial charge in [0.25, 0.3) is 0 Å². The van der Waals surface area contributed by atoms with Crippen molar-refractivity contribution in [2.45, 2.75) is 56.3 Å². The van der Waals surface area contributed by atoms with Crippen molar-refractivity contribution in [1.82, 2.24) is 9.71 Å². The van der Waals surface area contributed by atoms with Crippen molar-refractivity contribution < 1.29 is 22.7 Å². The molecule has 31 heavy (non-hydrogen) atoms. The fraction of sp³-hybridized carbons (Fsp3) is 0.524. The molecule has 8 nitrogen and oxygen atoms in total. The largest absolute Gasteiger partial charge is 0.490 e. The standard InChI is InChI=1S/C21H27N3O5S2/c25-20(24-21-23-16-6-3-1-2-4-7-19(16)30-21)10-11-22-31(26,27)15-8-9-17-18(14-15)29-13-5-12-28-17/h8-9,14,22H,1-7,10-13H2,(H,23,24,25). The van der Waals surface area contributed by atoms with E-state index in [2.05, 4.69) is 15.0 Å². The van der Waals surface area contributed by atoms with E-state index in [1.165, 1.54) is 41.2 Å². The summed E-state index contributed by atoms with van der Waals surface area (Å²) in [4.78, 5) is 18.2. The molecule has 10 heteroatoms. The summed E-state index contributed by atoms with van der Waals surface area (Å²) in [6.45, 7) is 1.01. The van der Waals surface area contributed by atoms with Crippen LogP contribution in [0.5, 0.6) is 11.5 Å². The quantitative estimate of drug-likeness (QED) is 0.678. The van der Waals surface area contributed by atoms with Crippen LogP contribution in [-0.2, 0) is 27.7 Å².